The van der Waals surface area contributed by atoms with Crippen LogP contribution < -0.4 is 31.3 Å². The van der Waals surface area contributed by atoms with Crippen molar-refractivity contribution in [3.63, 3.8) is 0 Å². The average molecular weight is 2140 g/mol. The van der Waals surface area contributed by atoms with Gasteiger partial charge in [0, 0.05) is 148 Å². The zero-order valence-electron chi connectivity index (χ0n) is 78.9. The van der Waals surface area contributed by atoms with E-state index in [4.69, 9.17) is 67.3 Å². The summed E-state index contributed by atoms with van der Waals surface area (Å²) in [7, 11) is -12.9. The van der Waals surface area contributed by atoms with E-state index in [0.717, 1.165) is 34.9 Å². The predicted octanol–water partition coefficient (Wildman–Crippen LogP) is 23.0. The monoisotopic (exact) mass is 2140 g/mol. The number of anilines is 5. The summed E-state index contributed by atoms with van der Waals surface area (Å²) in [6.07, 6.45) is 13.6. The maximum Gasteiger partial charge on any atom is 0.259 e. The van der Waals surface area contributed by atoms with Gasteiger partial charge < -0.3 is 40.4 Å². The number of aryl methyl sites for hydroxylation is 1. The van der Waals surface area contributed by atoms with Crippen LogP contribution in [0.5, 0.6) is 5.75 Å². The van der Waals surface area contributed by atoms with Crippen molar-refractivity contribution < 1.29 is 71.5 Å². The largest absolute Gasteiger partial charge is 0.496 e. The highest BCUT2D eigenvalue weighted by atomic mass is 35.5. The highest BCUT2D eigenvalue weighted by Crippen LogP contribution is 2.46. The maximum atomic E-state index is 12.8. The first-order chi connectivity index (χ1) is 69.0. The van der Waals surface area contributed by atoms with Crippen molar-refractivity contribution in [1.82, 2.24) is 39.7 Å². The summed E-state index contributed by atoms with van der Waals surface area (Å²) < 4.78 is 119. The molecule has 0 aliphatic rings. The lowest BCUT2D eigenvalue weighted by atomic mass is 10.1. The van der Waals surface area contributed by atoms with Crippen LogP contribution >= 0.6 is 65.4 Å². The van der Waals surface area contributed by atoms with Crippen LogP contribution in [0.3, 0.4) is 0 Å². The number of amides is 5. The average Bonchev–Trinajstić information content (AvgIpc) is 1.72. The Bertz CT molecular complexity index is 7890. The second-order valence-electron chi connectivity index (χ2n) is 32.8. The van der Waals surface area contributed by atoms with E-state index in [2.05, 4.69) is 61.7 Å². The third-order valence-electron chi connectivity index (χ3n) is 21.3. The number of halogens is 5. The minimum Gasteiger partial charge on any atom is -0.496 e. The quantitative estimate of drug-likeness (QED) is 0.0272. The van der Waals surface area contributed by atoms with Crippen molar-refractivity contribution >= 4 is 163 Å². The van der Waals surface area contributed by atoms with E-state index in [1.807, 2.05) is 97.9 Å². The number of hydrogen-bond donors (Lipinski definition) is 5. The van der Waals surface area contributed by atoms with Crippen molar-refractivity contribution in [3.05, 3.63) is 415 Å². The number of ether oxygens (including phenoxy) is 1. The van der Waals surface area contributed by atoms with Crippen LogP contribution in [0.15, 0.2) is 340 Å². The smallest absolute Gasteiger partial charge is 0.259 e. The van der Waals surface area contributed by atoms with Gasteiger partial charge in [-0.2, -0.15) is 0 Å². The van der Waals surface area contributed by atoms with E-state index in [1.165, 1.54) is 24.3 Å². The molecule has 0 spiro atoms. The number of nitrogens with one attached hydrogen (secondary N) is 5. The van der Waals surface area contributed by atoms with Gasteiger partial charge in [0.1, 0.15) is 12.1 Å². The van der Waals surface area contributed by atoms with Gasteiger partial charge in [0.15, 0.2) is 29.5 Å². The van der Waals surface area contributed by atoms with Gasteiger partial charge in [0.05, 0.1) is 95.4 Å². The third kappa shape index (κ3) is 32.3. The fraction of sp³-hybridized carbons (Fsp3) is 0.132. The van der Waals surface area contributed by atoms with Crippen molar-refractivity contribution in [2.75, 3.05) is 65.7 Å². The van der Waals surface area contributed by atoms with E-state index < -0.39 is 52.0 Å². The number of benzene rings is 10. The fourth-order valence-electron chi connectivity index (χ4n) is 14.2. The molecule has 16 rings (SSSR count). The van der Waals surface area contributed by atoms with Gasteiger partial charge in [-0.25, -0.2) is 33.7 Å². The molecule has 6 aromatic heterocycles. The molecule has 39 heteroatoms. The second kappa shape index (κ2) is 50.3. The summed E-state index contributed by atoms with van der Waals surface area (Å²) in [6.45, 7) is 5.48. The molecule has 0 saturated carbocycles. The molecule has 2 atom stereocenters. The van der Waals surface area contributed by atoms with Crippen LogP contribution in [-0.4, -0.2) is 142 Å². The number of aromatic nitrogens is 8. The summed E-state index contributed by atoms with van der Waals surface area (Å²) in [5, 5.41) is 23.4. The lowest BCUT2D eigenvalue weighted by Gasteiger charge is -2.13. The molecular weight excluding hydrogens is 2050 g/mol. The molecule has 6 heterocycles. The van der Waals surface area contributed by atoms with Crippen LogP contribution in [0.25, 0.3) is 56.3 Å². The highest BCUT2D eigenvalue weighted by molar-refractivity contribution is 7.91. The molecule has 29 nitrogen and oxygen atoms in total. The summed E-state index contributed by atoms with van der Waals surface area (Å²) in [5.74, 6) is -1.78. The molecular formula is C106H95Cl5N13O16PS4. The Labute approximate surface area is 864 Å². The van der Waals surface area contributed by atoms with Crippen molar-refractivity contribution in [2.24, 2.45) is 7.05 Å². The van der Waals surface area contributed by atoms with Gasteiger partial charge in [-0.05, 0) is 254 Å². The highest BCUT2D eigenvalue weighted by Gasteiger charge is 2.25. The molecule has 16 aromatic rings. The van der Waals surface area contributed by atoms with Gasteiger partial charge in [0.25, 0.3) is 29.5 Å². The molecule has 0 aliphatic carbocycles. The summed E-state index contributed by atoms with van der Waals surface area (Å²) in [4.78, 5) is 84.6. The summed E-state index contributed by atoms with van der Waals surface area (Å²) >= 11 is 31.4. The zero-order chi connectivity index (χ0) is 104. The summed E-state index contributed by atoms with van der Waals surface area (Å²) in [5.41, 5.74) is 15.1. The number of carbonyl (C=O) groups is 5. The van der Waals surface area contributed by atoms with Crippen LogP contribution in [0.1, 0.15) is 98.7 Å². The first-order valence-corrected chi connectivity index (χ1v) is 55.9. The van der Waals surface area contributed by atoms with Gasteiger partial charge in [0.2, 0.25) is 22.4 Å². The molecule has 0 fully saturated rings. The van der Waals surface area contributed by atoms with E-state index >= 15 is 0 Å². The number of rotatable bonds is 29. The fourth-order valence-corrected chi connectivity index (χ4v) is 20.4. The Morgan fingerprint density at radius 1 is 0.379 bits per heavy atom. The number of methoxy groups -OCH3 is 1. The first kappa shape index (κ1) is 109. The Hall–Kier alpha value is -14.3. The normalized spacial score (nSPS) is 11.8. The molecule has 0 radical (unpaired) electrons. The minimum absolute atomic E-state index is 0.106. The molecule has 0 saturated heterocycles. The van der Waals surface area contributed by atoms with Crippen molar-refractivity contribution in [2.45, 2.75) is 47.7 Å². The molecule has 145 heavy (non-hydrogen) atoms. The topological polar surface area (TPSA) is 413 Å². The first-order valence-electron chi connectivity index (χ1n) is 44.0. The molecule has 0 aliphatic heterocycles. The van der Waals surface area contributed by atoms with Crippen molar-refractivity contribution in [3.8, 4) is 62.0 Å². The third-order valence-corrected chi connectivity index (χ3v) is 29.6. The van der Waals surface area contributed by atoms with Gasteiger partial charge in [-0.15, -0.1) is 10.2 Å². The number of hydrogen-bond acceptors (Lipinski definition) is 23. The molecule has 5 N–H and O–H groups in total. The lowest BCUT2D eigenvalue weighted by molar-refractivity contribution is 0.101. The minimum atomic E-state index is -3.65. The predicted molar refractivity (Wildman–Crippen MR) is 573 cm³/mol. The van der Waals surface area contributed by atoms with E-state index in [-0.39, 0.29) is 52.0 Å². The van der Waals surface area contributed by atoms with Crippen LogP contribution in [0, 0.1) is 0 Å². The van der Waals surface area contributed by atoms with Gasteiger partial charge in [-0.3, -0.25) is 53.5 Å². The van der Waals surface area contributed by atoms with Gasteiger partial charge in [-0.1, -0.05) is 143 Å². The number of carbonyl (C=O) groups excluding carboxylic acids is 5. The van der Waals surface area contributed by atoms with E-state index in [0.29, 0.717) is 162 Å². The Kier molecular flexibility index (Phi) is 38.0. The maximum absolute atomic E-state index is 12.8. The SMILES string of the molecule is CC(c1ccc(C(=O)Nc2ccc(Cl)c(-c3ccccn3)c2)cc1)S(C)(=O)=O.CCOP(C)(=O)Cc1ccc(C(=O)Nc2ccc(Cl)c(-c3ccccn3)c2)cc1.COc1cc(CS(C)(=O)=O)ccc1C(=O)Nc1ccc(Cl)c(-c2ccccn2)c1.CS(=O)(=O)Cc1cccc(C(=O)Nc2ccc(Cl)c(-c3ccccn3)c2)c1.Cn1cnnc1S(=O)(=O)Cc1ccc(C(=O)Nc2ccc(Cl)c(-c3ccccn3)c2)cc1. The molecule has 744 valence electrons. The Morgan fingerprint density at radius 3 is 1.03 bits per heavy atom. The summed E-state index contributed by atoms with van der Waals surface area (Å²) in [6, 6.07) is 84.6. The molecule has 2 unspecified atom stereocenters. The standard InChI is InChI=1S/C22H18ClN5O3S.C22H22ClN2O3P.C21H19ClN2O4S.C21H19ClN2O3S.C20H17ClN2O3S/c1-28-14-25-27-22(28)32(30,31)13-15-5-7-16(8-6-15)21(29)26-17-9-10-19(23)18(12-17)20-4-2-3-11-24-20;1-3-28-29(2,27)15-16-7-9-17(10-8-16)22(26)25-18-11-12-20(23)19(14-18)21-6-4-5-13-24-21;1-28-20-11-14(13-29(2,26)27)6-8-16(20)21(25)24-15-7-9-18(22)17(12-15)19-5-3-4-10-23-19;1-14(28(2,26)27)15-6-8-16(9-7-15)21(25)24-17-10-11-19(22)18(13-17)20-5-3-4-12-23-20;1-27(25,26)13-14-5-4-6-15(11-14)20(24)23-16-8-9-18(21)17(12-16)19-7-2-3-10-22-19/h2-12,14H,13H2,1H3,(H,26,29);4-14H,3,15H2,1-2H3,(H,25,26);3-12H,13H2,1-2H3,(H,24,25);3-14H,1-2H3,(H,24,25);2-12H,13H2,1H3,(H,23,24). The Morgan fingerprint density at radius 2 is 0.710 bits per heavy atom. The van der Waals surface area contributed by atoms with Crippen molar-refractivity contribution in [1.29, 1.82) is 0 Å². The van der Waals surface area contributed by atoms with Crippen LogP contribution in [-0.2, 0) is 78.9 Å². The molecule has 0 bridgehead atoms. The number of nitrogens with zero attached hydrogens (tertiary/aromatic N) is 8. The molecule has 5 amide bonds. The van der Waals surface area contributed by atoms with Crippen LogP contribution in [0.2, 0.25) is 25.1 Å². The van der Waals surface area contributed by atoms with Crippen LogP contribution in [0.4, 0.5) is 28.4 Å². The number of pyridine rings is 5. The zero-order valence-corrected chi connectivity index (χ0v) is 86.9. The second-order valence-corrected chi connectivity index (χ2v) is 45.9. The number of sulfone groups is 4. The Balaban J connectivity index is 0.000000162. The van der Waals surface area contributed by atoms with Gasteiger partial charge >= 0.3 is 0 Å². The van der Waals surface area contributed by atoms with E-state index in [9.17, 15) is 62.2 Å². The van der Waals surface area contributed by atoms with E-state index in [1.54, 1.807) is 258 Å². The molecule has 10 aromatic carbocycles. The lowest BCUT2D eigenvalue weighted by Crippen LogP contribution is -2.14.